The van der Waals surface area contributed by atoms with Gasteiger partial charge in [0, 0.05) is 0 Å². The van der Waals surface area contributed by atoms with E-state index in [2.05, 4.69) is 4.72 Å². The van der Waals surface area contributed by atoms with E-state index >= 15 is 0 Å². The second kappa shape index (κ2) is 5.27. The van der Waals surface area contributed by atoms with Crippen LogP contribution in [0.25, 0.3) is 0 Å². The second-order valence-electron chi connectivity index (χ2n) is 3.15. The van der Waals surface area contributed by atoms with Crippen LogP contribution in [0.3, 0.4) is 0 Å². The molecule has 1 aromatic rings. The molecule has 0 radical (unpaired) electrons. The largest absolute Gasteiger partial charge is 0.480 e. The highest BCUT2D eigenvalue weighted by atomic mass is 32.2. The number of nitriles is 1. The summed E-state index contributed by atoms with van der Waals surface area (Å²) >= 11 is 0.800. The van der Waals surface area contributed by atoms with Crippen LogP contribution in [-0.2, 0) is 14.8 Å². The van der Waals surface area contributed by atoms with Crippen LogP contribution in [-0.4, -0.2) is 25.5 Å². The number of hydrogen-bond donors (Lipinski definition) is 2. The fourth-order valence-corrected chi connectivity index (χ4v) is 3.47. The Morgan fingerprint density at radius 1 is 1.65 bits per heavy atom. The zero-order valence-corrected chi connectivity index (χ0v) is 10.5. The number of carbonyl (C=O) groups is 1. The average Bonchev–Trinajstić information content (AvgIpc) is 2.74. The monoisotopic (exact) mass is 274 g/mol. The zero-order valence-electron chi connectivity index (χ0n) is 8.87. The Bertz CT molecular complexity index is 556. The molecule has 0 fully saturated rings. The van der Waals surface area contributed by atoms with Crippen molar-refractivity contribution in [2.24, 2.45) is 0 Å². The Hall–Kier alpha value is -1.43. The molecule has 0 aliphatic rings. The molecule has 1 atom stereocenters. The Labute approximate surface area is 103 Å². The summed E-state index contributed by atoms with van der Waals surface area (Å²) in [6.07, 6.45) is 0.144. The molecule has 0 aliphatic heterocycles. The Morgan fingerprint density at radius 2 is 2.29 bits per heavy atom. The number of thiophene rings is 1. The number of rotatable bonds is 5. The van der Waals surface area contributed by atoms with Crippen LogP contribution in [0.4, 0.5) is 0 Å². The van der Waals surface area contributed by atoms with Crippen LogP contribution in [0.2, 0.25) is 0 Å². The summed E-state index contributed by atoms with van der Waals surface area (Å²) in [6, 6.07) is 3.31. The van der Waals surface area contributed by atoms with Crippen LogP contribution >= 0.6 is 11.3 Å². The minimum atomic E-state index is -3.87. The topological polar surface area (TPSA) is 107 Å². The van der Waals surface area contributed by atoms with E-state index in [1.807, 2.05) is 6.07 Å². The molecule has 0 amide bonds. The standard InChI is InChI=1S/C9H10N2O4S2/c1-2-7(9(12)13)11-17(14,15)8-4-3-6(5-10)16-8/h3-4,7,11H,2H2,1H3,(H,12,13). The van der Waals surface area contributed by atoms with Crippen molar-refractivity contribution >= 4 is 27.3 Å². The molecule has 0 aliphatic carbocycles. The van der Waals surface area contributed by atoms with Gasteiger partial charge >= 0.3 is 5.97 Å². The van der Waals surface area contributed by atoms with E-state index in [1.165, 1.54) is 12.1 Å². The molecule has 92 valence electrons. The van der Waals surface area contributed by atoms with Crippen molar-refractivity contribution < 1.29 is 18.3 Å². The third-order valence-electron chi connectivity index (χ3n) is 1.96. The number of carboxylic acid groups (broad SMARTS) is 1. The predicted molar refractivity (Wildman–Crippen MR) is 61.1 cm³/mol. The summed E-state index contributed by atoms with van der Waals surface area (Å²) in [5.74, 6) is -1.23. The molecule has 2 N–H and O–H groups in total. The highest BCUT2D eigenvalue weighted by molar-refractivity contribution is 7.91. The molecule has 17 heavy (non-hydrogen) atoms. The SMILES string of the molecule is CCC(NS(=O)(=O)c1ccc(C#N)s1)C(=O)O. The molecule has 8 heteroatoms. The van der Waals surface area contributed by atoms with Crippen LogP contribution in [0.15, 0.2) is 16.3 Å². The molecule has 0 spiro atoms. The second-order valence-corrected chi connectivity index (χ2v) is 6.18. The van der Waals surface area contributed by atoms with Crippen molar-refractivity contribution in [3.63, 3.8) is 0 Å². The van der Waals surface area contributed by atoms with Gasteiger partial charge in [-0.2, -0.15) is 9.98 Å². The van der Waals surface area contributed by atoms with Gasteiger partial charge < -0.3 is 5.11 Å². The van der Waals surface area contributed by atoms with Gasteiger partial charge in [-0.3, -0.25) is 4.79 Å². The lowest BCUT2D eigenvalue weighted by atomic mass is 10.2. The zero-order chi connectivity index (χ0) is 13.1. The number of nitrogens with one attached hydrogen (secondary N) is 1. The highest BCUT2D eigenvalue weighted by Crippen LogP contribution is 2.21. The van der Waals surface area contributed by atoms with Crippen molar-refractivity contribution in [1.82, 2.24) is 4.72 Å². The molecule has 6 nitrogen and oxygen atoms in total. The smallest absolute Gasteiger partial charge is 0.321 e. The number of aliphatic carboxylic acids is 1. The van der Waals surface area contributed by atoms with Gasteiger partial charge in [-0.25, -0.2) is 8.42 Å². The molecule has 1 heterocycles. The number of nitrogens with zero attached hydrogens (tertiary/aromatic N) is 1. The van der Waals surface area contributed by atoms with Crippen LogP contribution in [0.5, 0.6) is 0 Å². The molecule has 0 aromatic carbocycles. The molecular formula is C9H10N2O4S2. The fraction of sp³-hybridized carbons (Fsp3) is 0.333. The number of hydrogen-bond acceptors (Lipinski definition) is 5. The Morgan fingerprint density at radius 3 is 2.71 bits per heavy atom. The van der Waals surface area contributed by atoms with Gasteiger partial charge in [0.2, 0.25) is 0 Å². The Balaban J connectivity index is 2.96. The predicted octanol–water partition coefficient (Wildman–Crippen LogP) is 0.761. The van der Waals surface area contributed by atoms with Gasteiger partial charge in [0.25, 0.3) is 10.0 Å². The van der Waals surface area contributed by atoms with Crippen LogP contribution in [0.1, 0.15) is 18.2 Å². The fourth-order valence-electron chi connectivity index (χ4n) is 1.08. The third kappa shape index (κ3) is 3.26. The van der Waals surface area contributed by atoms with Crippen molar-refractivity contribution in [3.8, 4) is 6.07 Å². The van der Waals surface area contributed by atoms with Gasteiger partial charge in [-0.05, 0) is 18.6 Å². The molecule has 1 unspecified atom stereocenters. The maximum atomic E-state index is 11.8. The van der Waals surface area contributed by atoms with Crippen molar-refractivity contribution in [1.29, 1.82) is 5.26 Å². The van der Waals surface area contributed by atoms with Gasteiger partial charge in [0.1, 0.15) is 21.2 Å². The number of sulfonamides is 1. The third-order valence-corrected chi connectivity index (χ3v) is 4.91. The van der Waals surface area contributed by atoms with Gasteiger partial charge in [-0.15, -0.1) is 11.3 Å². The first kappa shape index (κ1) is 13.6. The van der Waals surface area contributed by atoms with Crippen LogP contribution < -0.4 is 4.72 Å². The highest BCUT2D eigenvalue weighted by Gasteiger charge is 2.25. The van der Waals surface area contributed by atoms with E-state index in [0.29, 0.717) is 0 Å². The summed E-state index contributed by atoms with van der Waals surface area (Å²) < 4.78 is 25.5. The quantitative estimate of drug-likeness (QED) is 0.824. The van der Waals surface area contributed by atoms with E-state index in [4.69, 9.17) is 10.4 Å². The molecule has 0 saturated carbocycles. The van der Waals surface area contributed by atoms with Gasteiger partial charge in [0.15, 0.2) is 0 Å². The molecular weight excluding hydrogens is 264 g/mol. The van der Waals surface area contributed by atoms with E-state index in [9.17, 15) is 13.2 Å². The maximum absolute atomic E-state index is 11.8. The lowest BCUT2D eigenvalue weighted by molar-refractivity contribution is -0.139. The van der Waals surface area contributed by atoms with E-state index in [-0.39, 0.29) is 15.5 Å². The van der Waals surface area contributed by atoms with Crippen molar-refractivity contribution in [3.05, 3.63) is 17.0 Å². The summed E-state index contributed by atoms with van der Waals surface area (Å²) in [7, 11) is -3.87. The number of carboxylic acids is 1. The normalized spacial score (nSPS) is 12.9. The van der Waals surface area contributed by atoms with Crippen molar-refractivity contribution in [2.75, 3.05) is 0 Å². The van der Waals surface area contributed by atoms with E-state index in [1.54, 1.807) is 6.92 Å². The first-order valence-corrected chi connectivity index (χ1v) is 6.95. The molecule has 0 saturated heterocycles. The van der Waals surface area contributed by atoms with Crippen LogP contribution in [0, 0.1) is 11.3 Å². The van der Waals surface area contributed by atoms with E-state index < -0.39 is 22.0 Å². The minimum Gasteiger partial charge on any atom is -0.480 e. The first-order valence-electron chi connectivity index (χ1n) is 4.65. The molecule has 1 aromatic heterocycles. The van der Waals surface area contributed by atoms with E-state index in [0.717, 1.165) is 11.3 Å². The first-order chi connectivity index (χ1) is 7.90. The lowest BCUT2D eigenvalue weighted by Crippen LogP contribution is -2.39. The molecule has 0 bridgehead atoms. The molecule has 1 rings (SSSR count). The summed E-state index contributed by atoms with van der Waals surface area (Å²) in [4.78, 5) is 11.0. The van der Waals surface area contributed by atoms with Gasteiger partial charge in [-0.1, -0.05) is 6.92 Å². The summed E-state index contributed by atoms with van der Waals surface area (Å²) in [5, 5.41) is 17.3. The van der Waals surface area contributed by atoms with Gasteiger partial charge in [0.05, 0.1) is 0 Å². The maximum Gasteiger partial charge on any atom is 0.321 e. The summed E-state index contributed by atoms with van der Waals surface area (Å²) in [5.41, 5.74) is 0. The summed E-state index contributed by atoms with van der Waals surface area (Å²) in [6.45, 7) is 1.57. The van der Waals surface area contributed by atoms with Crippen molar-refractivity contribution in [2.45, 2.75) is 23.6 Å². The Kier molecular flexibility index (Phi) is 4.22. The lowest BCUT2D eigenvalue weighted by Gasteiger charge is -2.11. The average molecular weight is 274 g/mol. The minimum absolute atomic E-state index is 0.0613.